The van der Waals surface area contributed by atoms with Crippen LogP contribution in [0.1, 0.15) is 32.1 Å². The van der Waals surface area contributed by atoms with Crippen LogP contribution in [0.3, 0.4) is 0 Å². The first kappa shape index (κ1) is 17.6. The topological polar surface area (TPSA) is 58.6 Å². The van der Waals surface area contributed by atoms with E-state index in [1.54, 1.807) is 4.90 Å². The van der Waals surface area contributed by atoms with Crippen molar-refractivity contribution >= 4 is 17.5 Å². The lowest BCUT2D eigenvalue weighted by atomic mass is 10.1. The molecular weight excluding hydrogens is 340 g/mol. The van der Waals surface area contributed by atoms with E-state index < -0.39 is 0 Å². The van der Waals surface area contributed by atoms with E-state index in [1.807, 2.05) is 54.6 Å². The second-order valence-corrected chi connectivity index (χ2v) is 7.30. The molecule has 1 saturated heterocycles. The molecule has 2 aromatic carbocycles. The van der Waals surface area contributed by atoms with E-state index in [0.717, 1.165) is 24.3 Å². The molecule has 1 aliphatic heterocycles. The molecule has 4 rings (SSSR count). The summed E-state index contributed by atoms with van der Waals surface area (Å²) in [5.41, 5.74) is 0.802. The maximum Gasteiger partial charge on any atom is 0.227 e. The highest BCUT2D eigenvalue weighted by Gasteiger charge is 2.36. The summed E-state index contributed by atoms with van der Waals surface area (Å²) in [6.07, 6.45) is 4.74. The molecule has 1 saturated carbocycles. The van der Waals surface area contributed by atoms with Crippen molar-refractivity contribution in [3.8, 4) is 11.5 Å². The van der Waals surface area contributed by atoms with Gasteiger partial charge in [0.15, 0.2) is 0 Å². The van der Waals surface area contributed by atoms with Crippen molar-refractivity contribution in [1.82, 2.24) is 5.32 Å². The number of benzene rings is 2. The van der Waals surface area contributed by atoms with Gasteiger partial charge in [-0.1, -0.05) is 31.0 Å². The van der Waals surface area contributed by atoms with Crippen molar-refractivity contribution in [2.45, 2.75) is 38.1 Å². The molecule has 0 spiro atoms. The number of carbonyl (C=O) groups is 2. The number of nitrogens with zero attached hydrogens (tertiary/aromatic N) is 1. The minimum absolute atomic E-state index is 0.00157. The average molecular weight is 364 g/mol. The predicted molar refractivity (Wildman–Crippen MR) is 104 cm³/mol. The third-order valence-corrected chi connectivity index (χ3v) is 5.32. The smallest absolute Gasteiger partial charge is 0.227 e. The van der Waals surface area contributed by atoms with Gasteiger partial charge >= 0.3 is 0 Å². The van der Waals surface area contributed by atoms with Crippen LogP contribution in [0.5, 0.6) is 11.5 Å². The second kappa shape index (κ2) is 7.82. The predicted octanol–water partition coefficient (Wildman–Crippen LogP) is 3.89. The molecule has 27 heavy (non-hydrogen) atoms. The molecule has 1 atom stereocenters. The fourth-order valence-electron chi connectivity index (χ4n) is 3.84. The molecule has 140 valence electrons. The average Bonchev–Trinajstić information content (AvgIpc) is 3.33. The first-order chi connectivity index (χ1) is 13.2. The van der Waals surface area contributed by atoms with Gasteiger partial charge in [-0.25, -0.2) is 0 Å². The molecule has 2 aliphatic rings. The van der Waals surface area contributed by atoms with E-state index in [-0.39, 0.29) is 30.2 Å². The van der Waals surface area contributed by atoms with Crippen molar-refractivity contribution in [3.63, 3.8) is 0 Å². The lowest BCUT2D eigenvalue weighted by Crippen LogP contribution is -2.38. The minimum Gasteiger partial charge on any atom is -0.457 e. The van der Waals surface area contributed by atoms with Gasteiger partial charge in [0.1, 0.15) is 11.5 Å². The van der Waals surface area contributed by atoms with Gasteiger partial charge in [0, 0.05) is 24.7 Å². The Bertz CT molecular complexity index is 798. The lowest BCUT2D eigenvalue weighted by Gasteiger charge is -2.18. The molecule has 2 fully saturated rings. The van der Waals surface area contributed by atoms with E-state index in [2.05, 4.69) is 5.32 Å². The van der Waals surface area contributed by atoms with Gasteiger partial charge in [-0.3, -0.25) is 9.59 Å². The summed E-state index contributed by atoms with van der Waals surface area (Å²) in [5.74, 6) is 1.23. The quantitative estimate of drug-likeness (QED) is 0.876. The summed E-state index contributed by atoms with van der Waals surface area (Å²) in [5, 5.41) is 3.11. The Morgan fingerprint density at radius 2 is 1.63 bits per heavy atom. The van der Waals surface area contributed by atoms with Crippen LogP contribution in [0, 0.1) is 5.92 Å². The highest BCUT2D eigenvalue weighted by atomic mass is 16.5. The molecule has 0 radical (unpaired) electrons. The van der Waals surface area contributed by atoms with Gasteiger partial charge in [-0.2, -0.15) is 0 Å². The SMILES string of the molecule is O=C(NC1CCCC1)C1CC(=O)N(c2ccc(Oc3ccccc3)cc2)C1. The number of carbonyl (C=O) groups excluding carboxylic acids is 2. The number of rotatable bonds is 5. The number of nitrogens with one attached hydrogen (secondary N) is 1. The van der Waals surface area contributed by atoms with Crippen LogP contribution < -0.4 is 15.0 Å². The minimum atomic E-state index is -0.265. The van der Waals surface area contributed by atoms with Crippen LogP contribution >= 0.6 is 0 Å². The molecule has 1 aliphatic carbocycles. The summed E-state index contributed by atoms with van der Waals surface area (Å²) >= 11 is 0. The molecule has 0 aromatic heterocycles. The number of hydrogen-bond acceptors (Lipinski definition) is 3. The first-order valence-corrected chi connectivity index (χ1v) is 9.63. The lowest BCUT2D eigenvalue weighted by molar-refractivity contribution is -0.126. The Morgan fingerprint density at radius 3 is 2.33 bits per heavy atom. The highest BCUT2D eigenvalue weighted by Crippen LogP contribution is 2.29. The van der Waals surface area contributed by atoms with Crippen molar-refractivity contribution in [2.24, 2.45) is 5.92 Å². The Hall–Kier alpha value is -2.82. The van der Waals surface area contributed by atoms with Gasteiger partial charge in [0.2, 0.25) is 11.8 Å². The summed E-state index contributed by atoms with van der Waals surface area (Å²) in [6.45, 7) is 0.441. The summed E-state index contributed by atoms with van der Waals surface area (Å²) in [4.78, 5) is 26.6. The third kappa shape index (κ3) is 4.13. The van der Waals surface area contributed by atoms with Crippen LogP contribution in [0.15, 0.2) is 54.6 Å². The molecule has 5 heteroatoms. The number of para-hydroxylation sites is 1. The first-order valence-electron chi connectivity index (χ1n) is 9.63. The third-order valence-electron chi connectivity index (χ3n) is 5.32. The zero-order valence-corrected chi connectivity index (χ0v) is 15.3. The zero-order valence-electron chi connectivity index (χ0n) is 15.3. The second-order valence-electron chi connectivity index (χ2n) is 7.30. The maximum absolute atomic E-state index is 12.5. The molecular formula is C22H24N2O3. The van der Waals surface area contributed by atoms with Crippen molar-refractivity contribution < 1.29 is 14.3 Å². The van der Waals surface area contributed by atoms with Crippen LogP contribution in [0.25, 0.3) is 0 Å². The normalized spacial score (nSPS) is 20.1. The summed E-state index contributed by atoms with van der Waals surface area (Å²) < 4.78 is 5.79. The number of hydrogen-bond donors (Lipinski definition) is 1. The van der Waals surface area contributed by atoms with E-state index in [0.29, 0.717) is 12.3 Å². The molecule has 1 unspecified atom stereocenters. The van der Waals surface area contributed by atoms with E-state index in [1.165, 1.54) is 12.8 Å². The Labute approximate surface area is 159 Å². The van der Waals surface area contributed by atoms with E-state index in [9.17, 15) is 9.59 Å². The van der Waals surface area contributed by atoms with Crippen molar-refractivity contribution in [2.75, 3.05) is 11.4 Å². The fraction of sp³-hybridized carbons (Fsp3) is 0.364. The highest BCUT2D eigenvalue weighted by molar-refractivity contribution is 6.00. The van der Waals surface area contributed by atoms with E-state index in [4.69, 9.17) is 4.74 Å². The van der Waals surface area contributed by atoms with Gasteiger partial charge in [-0.15, -0.1) is 0 Å². The number of ether oxygens (including phenoxy) is 1. The Kier molecular flexibility index (Phi) is 5.10. The Balaban J connectivity index is 1.38. The molecule has 0 bridgehead atoms. The van der Waals surface area contributed by atoms with Gasteiger partial charge in [0.25, 0.3) is 0 Å². The molecule has 2 aromatic rings. The summed E-state index contributed by atoms with van der Waals surface area (Å²) in [6, 6.07) is 17.3. The molecule has 1 heterocycles. The van der Waals surface area contributed by atoms with Crippen molar-refractivity contribution in [1.29, 1.82) is 0 Å². The zero-order chi connectivity index (χ0) is 18.6. The van der Waals surface area contributed by atoms with Crippen LogP contribution in [0.2, 0.25) is 0 Å². The van der Waals surface area contributed by atoms with Crippen LogP contribution in [-0.4, -0.2) is 24.4 Å². The van der Waals surface area contributed by atoms with Gasteiger partial charge in [0.05, 0.1) is 5.92 Å². The number of amides is 2. The molecule has 5 nitrogen and oxygen atoms in total. The maximum atomic E-state index is 12.5. The van der Waals surface area contributed by atoms with Gasteiger partial charge < -0.3 is 15.0 Å². The van der Waals surface area contributed by atoms with E-state index >= 15 is 0 Å². The Morgan fingerprint density at radius 1 is 0.963 bits per heavy atom. The molecule has 1 N–H and O–H groups in total. The molecule has 2 amide bonds. The van der Waals surface area contributed by atoms with Crippen LogP contribution in [0.4, 0.5) is 5.69 Å². The number of anilines is 1. The standard InChI is InChI=1S/C22H24N2O3/c25-21-14-16(22(26)23-17-6-4-5-7-17)15-24(21)18-10-12-20(13-11-18)27-19-8-2-1-3-9-19/h1-3,8-13,16-17H,4-7,14-15H2,(H,23,26). The van der Waals surface area contributed by atoms with Crippen LogP contribution in [-0.2, 0) is 9.59 Å². The summed E-state index contributed by atoms with van der Waals surface area (Å²) in [7, 11) is 0. The largest absolute Gasteiger partial charge is 0.457 e. The van der Waals surface area contributed by atoms with Crippen molar-refractivity contribution in [3.05, 3.63) is 54.6 Å². The van der Waals surface area contributed by atoms with Gasteiger partial charge in [-0.05, 0) is 49.2 Å². The fourth-order valence-corrected chi connectivity index (χ4v) is 3.84. The monoisotopic (exact) mass is 364 g/mol.